The largest absolute Gasteiger partial charge is 0.328 e. The molecule has 0 bridgehead atoms. The van der Waals surface area contributed by atoms with Gasteiger partial charge in [0.05, 0.1) is 0 Å². The molecule has 94 valence electrons. The van der Waals surface area contributed by atoms with E-state index in [4.69, 9.17) is 17.3 Å². The van der Waals surface area contributed by atoms with Crippen LogP contribution in [0.2, 0.25) is 5.02 Å². The van der Waals surface area contributed by atoms with Crippen molar-refractivity contribution in [1.29, 1.82) is 0 Å². The van der Waals surface area contributed by atoms with Crippen LogP contribution in [0.3, 0.4) is 0 Å². The first kappa shape index (κ1) is 12.9. The van der Waals surface area contributed by atoms with Crippen molar-refractivity contribution in [1.82, 2.24) is 5.32 Å². The van der Waals surface area contributed by atoms with E-state index in [0.717, 1.165) is 30.0 Å². The van der Waals surface area contributed by atoms with Gasteiger partial charge in [0, 0.05) is 23.7 Å². The van der Waals surface area contributed by atoms with Crippen molar-refractivity contribution in [3.63, 3.8) is 0 Å². The summed E-state index contributed by atoms with van der Waals surface area (Å²) in [7, 11) is 0. The van der Waals surface area contributed by atoms with Gasteiger partial charge in [0.15, 0.2) is 0 Å². The first-order chi connectivity index (χ1) is 8.15. The number of nitrogens with one attached hydrogen (secondary N) is 1. The minimum atomic E-state index is 0.418. The summed E-state index contributed by atoms with van der Waals surface area (Å²) in [5, 5.41) is 4.45. The van der Waals surface area contributed by atoms with Crippen LogP contribution in [-0.2, 0) is 6.54 Å². The second-order valence-corrected chi connectivity index (χ2v) is 5.48. The Morgan fingerprint density at radius 1 is 1.29 bits per heavy atom. The molecule has 1 aromatic carbocycles. The van der Waals surface area contributed by atoms with Crippen molar-refractivity contribution in [3.05, 3.63) is 34.3 Å². The predicted octanol–water partition coefficient (Wildman–Crippen LogP) is 3.01. The van der Waals surface area contributed by atoms with E-state index in [1.807, 2.05) is 6.92 Å². The quantitative estimate of drug-likeness (QED) is 0.868. The lowest BCUT2D eigenvalue weighted by atomic mass is 9.92. The summed E-state index contributed by atoms with van der Waals surface area (Å²) in [4.78, 5) is 0. The molecule has 0 heterocycles. The molecule has 1 aliphatic carbocycles. The van der Waals surface area contributed by atoms with E-state index in [1.165, 1.54) is 18.4 Å². The maximum atomic E-state index is 6.11. The number of aryl methyl sites for hydroxylation is 1. The van der Waals surface area contributed by atoms with Crippen molar-refractivity contribution in [2.24, 2.45) is 5.73 Å². The predicted molar refractivity (Wildman–Crippen MR) is 73.3 cm³/mol. The zero-order valence-electron chi connectivity index (χ0n) is 10.4. The fourth-order valence-corrected chi connectivity index (χ4v) is 2.53. The molecule has 1 aliphatic rings. The molecule has 0 spiro atoms. The summed E-state index contributed by atoms with van der Waals surface area (Å²) < 4.78 is 0. The zero-order chi connectivity index (χ0) is 12.3. The lowest BCUT2D eigenvalue weighted by Crippen LogP contribution is -2.37. The van der Waals surface area contributed by atoms with Gasteiger partial charge in [-0.2, -0.15) is 0 Å². The summed E-state index contributed by atoms with van der Waals surface area (Å²) >= 11 is 6.11. The van der Waals surface area contributed by atoms with E-state index in [1.54, 1.807) is 0 Å². The summed E-state index contributed by atoms with van der Waals surface area (Å²) in [5.41, 5.74) is 8.29. The number of rotatable bonds is 3. The number of hydrogen-bond acceptors (Lipinski definition) is 2. The normalized spacial score (nSPS) is 24.9. The maximum absolute atomic E-state index is 6.11. The molecule has 0 aromatic heterocycles. The highest BCUT2D eigenvalue weighted by Gasteiger charge is 2.17. The zero-order valence-corrected chi connectivity index (χ0v) is 11.1. The third-order valence-electron chi connectivity index (χ3n) is 3.60. The highest BCUT2D eigenvalue weighted by atomic mass is 35.5. The Morgan fingerprint density at radius 3 is 2.65 bits per heavy atom. The monoisotopic (exact) mass is 252 g/mol. The fourth-order valence-electron chi connectivity index (χ4n) is 2.33. The molecule has 0 radical (unpaired) electrons. The highest BCUT2D eigenvalue weighted by Crippen LogP contribution is 2.19. The lowest BCUT2D eigenvalue weighted by molar-refractivity contribution is 0.342. The van der Waals surface area contributed by atoms with Gasteiger partial charge >= 0.3 is 0 Å². The van der Waals surface area contributed by atoms with E-state index in [0.29, 0.717) is 12.1 Å². The second kappa shape index (κ2) is 5.85. The molecule has 0 amide bonds. The summed E-state index contributed by atoms with van der Waals surface area (Å²) in [5.74, 6) is 0. The van der Waals surface area contributed by atoms with Gasteiger partial charge in [0.2, 0.25) is 0 Å². The molecule has 1 aromatic rings. The molecule has 3 heteroatoms. The Labute approximate surface area is 109 Å². The Morgan fingerprint density at radius 2 is 2.00 bits per heavy atom. The van der Waals surface area contributed by atoms with E-state index in [-0.39, 0.29) is 0 Å². The van der Waals surface area contributed by atoms with Crippen LogP contribution in [0.25, 0.3) is 0 Å². The van der Waals surface area contributed by atoms with Crippen LogP contribution >= 0.6 is 11.6 Å². The van der Waals surface area contributed by atoms with E-state index >= 15 is 0 Å². The summed E-state index contributed by atoms with van der Waals surface area (Å²) in [6, 6.07) is 7.31. The SMILES string of the molecule is Cc1ccc(CNC2CCC(N)CC2)cc1Cl. The fraction of sp³-hybridized carbons (Fsp3) is 0.571. The molecular weight excluding hydrogens is 232 g/mol. The van der Waals surface area contributed by atoms with Crippen LogP contribution in [0.15, 0.2) is 18.2 Å². The minimum Gasteiger partial charge on any atom is -0.328 e. The molecule has 2 rings (SSSR count). The second-order valence-electron chi connectivity index (χ2n) is 5.08. The third kappa shape index (κ3) is 3.70. The third-order valence-corrected chi connectivity index (χ3v) is 4.01. The van der Waals surface area contributed by atoms with Crippen molar-refractivity contribution >= 4 is 11.6 Å². The first-order valence-corrected chi connectivity index (χ1v) is 6.77. The van der Waals surface area contributed by atoms with Crippen molar-refractivity contribution in [2.75, 3.05) is 0 Å². The van der Waals surface area contributed by atoms with Gasteiger partial charge in [-0.05, 0) is 49.8 Å². The smallest absolute Gasteiger partial charge is 0.0438 e. The number of benzene rings is 1. The van der Waals surface area contributed by atoms with Crippen LogP contribution < -0.4 is 11.1 Å². The Kier molecular flexibility index (Phi) is 4.43. The molecular formula is C14H21ClN2. The molecule has 17 heavy (non-hydrogen) atoms. The van der Waals surface area contributed by atoms with E-state index in [2.05, 4.69) is 23.5 Å². The molecule has 0 saturated heterocycles. The van der Waals surface area contributed by atoms with Gasteiger partial charge in [-0.3, -0.25) is 0 Å². The summed E-state index contributed by atoms with van der Waals surface area (Å²) in [6.45, 7) is 2.93. The molecule has 1 fully saturated rings. The molecule has 0 aliphatic heterocycles. The van der Waals surface area contributed by atoms with Crippen LogP contribution in [0.5, 0.6) is 0 Å². The topological polar surface area (TPSA) is 38.0 Å². The minimum absolute atomic E-state index is 0.418. The molecule has 1 saturated carbocycles. The van der Waals surface area contributed by atoms with Gasteiger partial charge in [0.25, 0.3) is 0 Å². The Bertz CT molecular complexity index is 370. The van der Waals surface area contributed by atoms with Crippen molar-refractivity contribution in [3.8, 4) is 0 Å². The standard InChI is InChI=1S/C14H21ClN2/c1-10-2-3-11(8-14(10)15)9-17-13-6-4-12(16)5-7-13/h2-3,8,12-13,17H,4-7,9,16H2,1H3. The average Bonchev–Trinajstić information content (AvgIpc) is 2.33. The Balaban J connectivity index is 1.83. The number of hydrogen-bond donors (Lipinski definition) is 2. The number of halogens is 1. The van der Waals surface area contributed by atoms with Crippen LogP contribution in [0.4, 0.5) is 0 Å². The highest BCUT2D eigenvalue weighted by molar-refractivity contribution is 6.31. The van der Waals surface area contributed by atoms with Crippen LogP contribution in [-0.4, -0.2) is 12.1 Å². The number of nitrogens with two attached hydrogens (primary N) is 1. The Hall–Kier alpha value is -0.570. The van der Waals surface area contributed by atoms with Crippen LogP contribution in [0, 0.1) is 6.92 Å². The van der Waals surface area contributed by atoms with Crippen molar-refractivity contribution < 1.29 is 0 Å². The lowest BCUT2D eigenvalue weighted by Gasteiger charge is -2.27. The van der Waals surface area contributed by atoms with Crippen LogP contribution in [0.1, 0.15) is 36.8 Å². The molecule has 0 unspecified atom stereocenters. The van der Waals surface area contributed by atoms with Gasteiger partial charge in [-0.1, -0.05) is 23.7 Å². The van der Waals surface area contributed by atoms with Gasteiger partial charge in [-0.25, -0.2) is 0 Å². The summed E-state index contributed by atoms with van der Waals surface area (Å²) in [6.07, 6.45) is 4.68. The van der Waals surface area contributed by atoms with Crippen molar-refractivity contribution in [2.45, 2.75) is 51.2 Å². The van der Waals surface area contributed by atoms with Gasteiger partial charge < -0.3 is 11.1 Å². The van der Waals surface area contributed by atoms with Gasteiger partial charge in [0.1, 0.15) is 0 Å². The average molecular weight is 253 g/mol. The first-order valence-electron chi connectivity index (χ1n) is 6.39. The van der Waals surface area contributed by atoms with Gasteiger partial charge in [-0.15, -0.1) is 0 Å². The molecule has 3 N–H and O–H groups in total. The molecule has 0 atom stereocenters. The van der Waals surface area contributed by atoms with E-state index in [9.17, 15) is 0 Å². The maximum Gasteiger partial charge on any atom is 0.0438 e. The van der Waals surface area contributed by atoms with E-state index < -0.39 is 0 Å². The molecule has 2 nitrogen and oxygen atoms in total.